The minimum atomic E-state index is -4.60. The Morgan fingerprint density at radius 1 is 0.903 bits per heavy atom. The van der Waals surface area contributed by atoms with E-state index in [1.807, 2.05) is 12.2 Å². The third kappa shape index (κ3) is 3.05. The zero-order valence-electron chi connectivity index (χ0n) is 16.1. The van der Waals surface area contributed by atoms with Crippen molar-refractivity contribution in [2.75, 3.05) is 10.2 Å². The molecule has 1 N–H and O–H groups in total. The molecule has 31 heavy (non-hydrogen) atoms. The highest BCUT2D eigenvalue weighted by Crippen LogP contribution is 2.53. The molecule has 1 aliphatic heterocycles. The summed E-state index contributed by atoms with van der Waals surface area (Å²) in [6.07, 6.45) is 0.245. The molecule has 5 nitrogen and oxygen atoms in total. The molecule has 0 aromatic heterocycles. The van der Waals surface area contributed by atoms with Gasteiger partial charge in [0.25, 0.3) is 5.91 Å². The molecule has 3 amide bonds. The van der Waals surface area contributed by atoms with Crippen LogP contribution < -0.4 is 10.2 Å². The van der Waals surface area contributed by atoms with Gasteiger partial charge < -0.3 is 5.32 Å². The Morgan fingerprint density at radius 3 is 2.06 bits per heavy atom. The van der Waals surface area contributed by atoms with Crippen LogP contribution in [0.2, 0.25) is 0 Å². The molecule has 8 heteroatoms. The van der Waals surface area contributed by atoms with E-state index < -0.39 is 17.6 Å². The fourth-order valence-corrected chi connectivity index (χ4v) is 4.95. The maximum atomic E-state index is 13.1. The molecule has 158 valence electrons. The van der Waals surface area contributed by atoms with Crippen LogP contribution in [-0.4, -0.2) is 17.7 Å². The number of carbonyl (C=O) groups is 3. The van der Waals surface area contributed by atoms with Gasteiger partial charge in [-0.15, -0.1) is 0 Å². The number of hydrogen-bond donors (Lipinski definition) is 1. The predicted octanol–water partition coefficient (Wildman–Crippen LogP) is 4.27. The van der Waals surface area contributed by atoms with Crippen LogP contribution in [0.25, 0.3) is 0 Å². The normalized spacial score (nSPS) is 26.5. The lowest BCUT2D eigenvalue weighted by molar-refractivity contribution is -0.137. The van der Waals surface area contributed by atoms with E-state index >= 15 is 0 Å². The van der Waals surface area contributed by atoms with Crippen molar-refractivity contribution in [2.24, 2.45) is 23.7 Å². The molecule has 2 aromatic rings. The molecule has 2 bridgehead atoms. The number of alkyl halides is 3. The van der Waals surface area contributed by atoms with Crippen molar-refractivity contribution in [3.63, 3.8) is 0 Å². The number of nitrogens with one attached hydrogen (secondary N) is 1. The molecule has 0 radical (unpaired) electrons. The van der Waals surface area contributed by atoms with Crippen molar-refractivity contribution in [3.8, 4) is 0 Å². The van der Waals surface area contributed by atoms with Gasteiger partial charge in [0.05, 0.1) is 28.8 Å². The van der Waals surface area contributed by atoms with Gasteiger partial charge in [0.2, 0.25) is 11.8 Å². The first-order valence-electron chi connectivity index (χ1n) is 9.89. The Kier molecular flexibility index (Phi) is 4.28. The number of anilines is 2. The number of rotatable bonds is 3. The van der Waals surface area contributed by atoms with E-state index in [-0.39, 0.29) is 46.7 Å². The fraction of sp³-hybridized carbons (Fsp3) is 0.261. The summed E-state index contributed by atoms with van der Waals surface area (Å²) in [6, 6.07) is 10.4. The van der Waals surface area contributed by atoms with Gasteiger partial charge in [0.15, 0.2) is 0 Å². The van der Waals surface area contributed by atoms with Gasteiger partial charge in [0, 0.05) is 5.56 Å². The lowest BCUT2D eigenvalue weighted by Gasteiger charge is -2.18. The average molecular weight is 426 g/mol. The number of benzene rings is 2. The lowest BCUT2D eigenvalue weighted by atomic mass is 9.85. The van der Waals surface area contributed by atoms with Crippen LogP contribution in [0.5, 0.6) is 0 Å². The summed E-state index contributed by atoms with van der Waals surface area (Å²) in [6.45, 7) is 0. The largest absolute Gasteiger partial charge is 0.418 e. The van der Waals surface area contributed by atoms with Crippen molar-refractivity contribution < 1.29 is 27.6 Å². The summed E-state index contributed by atoms with van der Waals surface area (Å²) in [5, 5.41) is 2.28. The molecule has 2 fully saturated rings. The number of allylic oxidation sites excluding steroid dienone is 2. The lowest BCUT2D eigenvalue weighted by Crippen LogP contribution is -2.32. The minimum absolute atomic E-state index is 0.0928. The monoisotopic (exact) mass is 426 g/mol. The number of fused-ring (bicyclic) bond motifs is 5. The molecule has 2 aromatic carbocycles. The first kappa shape index (κ1) is 19.5. The summed E-state index contributed by atoms with van der Waals surface area (Å²) < 4.78 is 39.4. The Bertz CT molecular complexity index is 1090. The van der Waals surface area contributed by atoms with Crippen molar-refractivity contribution in [1.29, 1.82) is 0 Å². The number of para-hydroxylation sites is 1. The van der Waals surface area contributed by atoms with E-state index in [2.05, 4.69) is 5.32 Å². The van der Waals surface area contributed by atoms with Gasteiger partial charge in [-0.25, -0.2) is 0 Å². The smallest absolute Gasteiger partial charge is 0.321 e. The number of carbonyl (C=O) groups excluding carboxylic acids is 3. The van der Waals surface area contributed by atoms with Gasteiger partial charge >= 0.3 is 6.18 Å². The fourth-order valence-electron chi connectivity index (χ4n) is 4.95. The van der Waals surface area contributed by atoms with Crippen LogP contribution in [0.15, 0.2) is 60.7 Å². The van der Waals surface area contributed by atoms with Gasteiger partial charge in [0.1, 0.15) is 0 Å². The van der Waals surface area contributed by atoms with Crippen molar-refractivity contribution >= 4 is 29.1 Å². The Morgan fingerprint density at radius 2 is 1.48 bits per heavy atom. The number of amides is 3. The van der Waals surface area contributed by atoms with Crippen LogP contribution in [0.1, 0.15) is 22.3 Å². The molecule has 0 spiro atoms. The maximum Gasteiger partial charge on any atom is 0.418 e. The summed E-state index contributed by atoms with van der Waals surface area (Å²) >= 11 is 0. The number of hydrogen-bond acceptors (Lipinski definition) is 3. The second kappa shape index (κ2) is 6.80. The van der Waals surface area contributed by atoms with E-state index in [9.17, 15) is 27.6 Å². The van der Waals surface area contributed by atoms with Crippen LogP contribution in [0, 0.1) is 23.7 Å². The predicted molar refractivity (Wildman–Crippen MR) is 106 cm³/mol. The van der Waals surface area contributed by atoms with Crippen molar-refractivity contribution in [3.05, 3.63) is 71.8 Å². The maximum absolute atomic E-state index is 13.1. The number of imide groups is 1. The van der Waals surface area contributed by atoms with Gasteiger partial charge in [-0.05, 0) is 54.7 Å². The first-order chi connectivity index (χ1) is 14.8. The minimum Gasteiger partial charge on any atom is -0.321 e. The second-order valence-electron chi connectivity index (χ2n) is 8.06. The molecular weight excluding hydrogens is 409 g/mol. The number of nitrogens with zero attached hydrogens (tertiary/aromatic N) is 1. The van der Waals surface area contributed by atoms with Crippen LogP contribution in [-0.2, 0) is 15.8 Å². The van der Waals surface area contributed by atoms with Crippen molar-refractivity contribution in [2.45, 2.75) is 12.6 Å². The van der Waals surface area contributed by atoms with E-state index in [0.29, 0.717) is 5.69 Å². The number of halogens is 3. The third-order valence-corrected chi connectivity index (χ3v) is 6.34. The highest BCUT2D eigenvalue weighted by Gasteiger charge is 2.59. The summed E-state index contributed by atoms with van der Waals surface area (Å²) in [5.74, 6) is -1.66. The quantitative estimate of drug-likeness (QED) is 0.589. The topological polar surface area (TPSA) is 66.5 Å². The van der Waals surface area contributed by atoms with Crippen LogP contribution in [0.4, 0.5) is 24.5 Å². The molecule has 1 saturated heterocycles. The molecular formula is C23H17F3N2O3. The Labute approximate surface area is 175 Å². The van der Waals surface area contributed by atoms with E-state index in [1.165, 1.54) is 47.4 Å². The highest BCUT2D eigenvalue weighted by molar-refractivity contribution is 6.23. The van der Waals surface area contributed by atoms with E-state index in [1.54, 1.807) is 0 Å². The summed E-state index contributed by atoms with van der Waals surface area (Å²) in [7, 11) is 0. The zero-order chi connectivity index (χ0) is 21.9. The van der Waals surface area contributed by atoms with E-state index in [0.717, 1.165) is 12.5 Å². The standard InChI is InChI=1S/C23H17F3N2O3/c24-23(25,26)16-3-1-2-4-17(16)27-20(29)12-7-9-15(10-8-12)28-21(30)18-13-5-6-14(11-13)19(18)22(28)31/h1-10,13-14,18-19H,11H2,(H,27,29)/t13-,14-,18-,19+/m0/s1. The van der Waals surface area contributed by atoms with Gasteiger partial charge in [-0.3, -0.25) is 19.3 Å². The Hall–Kier alpha value is -3.42. The third-order valence-electron chi connectivity index (χ3n) is 6.34. The second-order valence-corrected chi connectivity index (χ2v) is 8.06. The van der Waals surface area contributed by atoms with E-state index in [4.69, 9.17) is 0 Å². The molecule has 5 rings (SSSR count). The summed E-state index contributed by atoms with van der Waals surface area (Å²) in [4.78, 5) is 39.4. The SMILES string of the molecule is O=C(Nc1ccccc1C(F)(F)F)c1ccc(N2C(=O)[C@@H]3[C@H](C2=O)[C@H]2C=C[C@H]3C2)cc1. The van der Waals surface area contributed by atoms with Gasteiger partial charge in [-0.1, -0.05) is 24.3 Å². The molecule has 0 unspecified atom stereocenters. The molecule has 2 aliphatic carbocycles. The summed E-state index contributed by atoms with van der Waals surface area (Å²) in [5.41, 5.74) is -0.814. The van der Waals surface area contributed by atoms with Crippen LogP contribution in [0.3, 0.4) is 0 Å². The first-order valence-corrected chi connectivity index (χ1v) is 9.89. The van der Waals surface area contributed by atoms with Crippen LogP contribution >= 0.6 is 0 Å². The van der Waals surface area contributed by atoms with Crippen molar-refractivity contribution in [1.82, 2.24) is 0 Å². The molecule has 1 saturated carbocycles. The van der Waals surface area contributed by atoms with Gasteiger partial charge in [-0.2, -0.15) is 13.2 Å². The average Bonchev–Trinajstić information content (AvgIpc) is 3.41. The highest BCUT2D eigenvalue weighted by atomic mass is 19.4. The molecule has 4 atom stereocenters. The zero-order valence-corrected chi connectivity index (χ0v) is 16.1. The molecule has 1 heterocycles. The molecule has 3 aliphatic rings. The Balaban J connectivity index is 1.35.